The number of aromatic nitrogens is 2. The van der Waals surface area contributed by atoms with Crippen LogP contribution in [0, 0.1) is 0 Å². The van der Waals surface area contributed by atoms with E-state index in [4.69, 9.17) is 9.15 Å². The largest absolute Gasteiger partial charge is 0.495 e. The zero-order valence-corrected chi connectivity index (χ0v) is 15.3. The van der Waals surface area contributed by atoms with E-state index < -0.39 is 0 Å². The molecule has 0 saturated heterocycles. The molecule has 0 bridgehead atoms. The second kappa shape index (κ2) is 8.38. The van der Waals surface area contributed by atoms with Crippen LogP contribution in [0.4, 0.5) is 5.69 Å². The Kier molecular flexibility index (Phi) is 5.96. The van der Waals surface area contributed by atoms with Crippen LogP contribution in [-0.4, -0.2) is 28.5 Å². The fourth-order valence-corrected chi connectivity index (χ4v) is 3.66. The molecule has 1 unspecified atom stereocenters. The van der Waals surface area contributed by atoms with Crippen LogP contribution in [0.3, 0.4) is 0 Å². The lowest BCUT2D eigenvalue weighted by molar-refractivity contribution is -0.115. The van der Waals surface area contributed by atoms with Gasteiger partial charge in [-0.1, -0.05) is 43.2 Å². The molecule has 0 aliphatic heterocycles. The monoisotopic (exact) mass is 361 g/mol. The maximum absolute atomic E-state index is 12.4. The SMILES string of the molecule is COc1ccccc1NC(=O)C(C)Sc1nnc(C2CCCCC2)o1. The second-order valence-corrected chi connectivity index (χ2v) is 7.48. The Morgan fingerprint density at radius 1 is 1.28 bits per heavy atom. The standard InChI is InChI=1S/C18H23N3O3S/c1-12(16(22)19-14-10-6-7-11-15(14)23-2)25-18-21-20-17(24-18)13-8-4-3-5-9-13/h6-7,10-13H,3-5,8-9H2,1-2H3,(H,19,22). The van der Waals surface area contributed by atoms with E-state index in [1.54, 1.807) is 7.11 Å². The first kappa shape index (κ1) is 17.8. The highest BCUT2D eigenvalue weighted by molar-refractivity contribution is 8.00. The van der Waals surface area contributed by atoms with Crippen LogP contribution in [0.25, 0.3) is 0 Å². The van der Waals surface area contributed by atoms with Crippen molar-refractivity contribution < 1.29 is 13.9 Å². The molecule has 1 aromatic carbocycles. The smallest absolute Gasteiger partial charge is 0.277 e. The van der Waals surface area contributed by atoms with E-state index >= 15 is 0 Å². The number of amides is 1. The molecule has 0 radical (unpaired) electrons. The third kappa shape index (κ3) is 4.54. The highest BCUT2D eigenvalue weighted by Crippen LogP contribution is 2.34. The summed E-state index contributed by atoms with van der Waals surface area (Å²) in [5, 5.41) is 11.2. The fraction of sp³-hybridized carbons (Fsp3) is 0.500. The number of benzene rings is 1. The molecular weight excluding hydrogens is 338 g/mol. The van der Waals surface area contributed by atoms with Crippen LogP contribution < -0.4 is 10.1 Å². The summed E-state index contributed by atoms with van der Waals surface area (Å²) < 4.78 is 11.0. The zero-order chi connectivity index (χ0) is 17.6. The van der Waals surface area contributed by atoms with Gasteiger partial charge < -0.3 is 14.5 Å². The van der Waals surface area contributed by atoms with Crippen molar-refractivity contribution in [1.29, 1.82) is 0 Å². The minimum atomic E-state index is -0.357. The molecular formula is C18H23N3O3S. The van der Waals surface area contributed by atoms with Crippen molar-refractivity contribution in [2.45, 2.75) is 55.4 Å². The van der Waals surface area contributed by atoms with Gasteiger partial charge >= 0.3 is 0 Å². The van der Waals surface area contributed by atoms with Crippen LogP contribution in [0.1, 0.15) is 50.8 Å². The molecule has 7 heteroatoms. The predicted octanol–water partition coefficient (Wildman–Crippen LogP) is 4.25. The molecule has 1 aliphatic rings. The molecule has 1 amide bonds. The summed E-state index contributed by atoms with van der Waals surface area (Å²) in [5.74, 6) is 1.57. The minimum absolute atomic E-state index is 0.132. The van der Waals surface area contributed by atoms with Gasteiger partial charge in [0.15, 0.2) is 0 Å². The van der Waals surface area contributed by atoms with Gasteiger partial charge in [-0.05, 0) is 31.9 Å². The van der Waals surface area contributed by atoms with Gasteiger partial charge in [-0.25, -0.2) is 0 Å². The van der Waals surface area contributed by atoms with E-state index in [2.05, 4.69) is 15.5 Å². The summed E-state index contributed by atoms with van der Waals surface area (Å²) >= 11 is 1.28. The Labute approximate surface area is 151 Å². The summed E-state index contributed by atoms with van der Waals surface area (Å²) in [6.45, 7) is 1.82. The van der Waals surface area contributed by atoms with Crippen molar-refractivity contribution in [2.24, 2.45) is 0 Å². The molecule has 1 saturated carbocycles. The van der Waals surface area contributed by atoms with E-state index in [0.717, 1.165) is 12.8 Å². The van der Waals surface area contributed by atoms with Crippen molar-refractivity contribution in [3.8, 4) is 5.75 Å². The number of thioether (sulfide) groups is 1. The normalized spacial score (nSPS) is 16.4. The number of rotatable bonds is 6. The molecule has 1 fully saturated rings. The third-order valence-electron chi connectivity index (χ3n) is 4.39. The van der Waals surface area contributed by atoms with Crippen molar-refractivity contribution in [2.75, 3.05) is 12.4 Å². The molecule has 2 aromatic rings. The first-order chi connectivity index (χ1) is 12.2. The Hall–Kier alpha value is -2.02. The maximum Gasteiger partial charge on any atom is 0.277 e. The fourth-order valence-electron chi connectivity index (χ4n) is 2.97. The number of carbonyl (C=O) groups is 1. The number of hydrogen-bond donors (Lipinski definition) is 1. The van der Waals surface area contributed by atoms with Crippen LogP contribution in [0.5, 0.6) is 5.75 Å². The maximum atomic E-state index is 12.4. The summed E-state index contributed by atoms with van der Waals surface area (Å²) in [6, 6.07) is 7.33. The Bertz CT molecular complexity index is 713. The molecule has 134 valence electrons. The molecule has 0 spiro atoms. The van der Waals surface area contributed by atoms with E-state index in [0.29, 0.717) is 28.5 Å². The Morgan fingerprint density at radius 2 is 2.04 bits per heavy atom. The third-order valence-corrected chi connectivity index (χ3v) is 5.32. The number of methoxy groups -OCH3 is 1. The summed E-state index contributed by atoms with van der Waals surface area (Å²) in [5.41, 5.74) is 0.649. The Morgan fingerprint density at radius 3 is 2.80 bits per heavy atom. The van der Waals surface area contributed by atoms with Gasteiger partial charge in [0.2, 0.25) is 11.8 Å². The van der Waals surface area contributed by atoms with E-state index in [-0.39, 0.29) is 11.2 Å². The van der Waals surface area contributed by atoms with Gasteiger partial charge in [0, 0.05) is 5.92 Å². The van der Waals surface area contributed by atoms with Gasteiger partial charge in [0.25, 0.3) is 5.22 Å². The van der Waals surface area contributed by atoms with Gasteiger partial charge in [0.1, 0.15) is 5.75 Å². The van der Waals surface area contributed by atoms with E-state index in [1.165, 1.54) is 31.0 Å². The average Bonchev–Trinajstić information content (AvgIpc) is 3.11. The average molecular weight is 361 g/mol. The van der Waals surface area contributed by atoms with Crippen LogP contribution >= 0.6 is 11.8 Å². The van der Waals surface area contributed by atoms with E-state index in [1.807, 2.05) is 31.2 Å². The number of hydrogen-bond acceptors (Lipinski definition) is 6. The first-order valence-electron chi connectivity index (χ1n) is 8.61. The van der Waals surface area contributed by atoms with Crippen LogP contribution in [0.15, 0.2) is 33.9 Å². The number of carbonyl (C=O) groups excluding carboxylic acids is 1. The molecule has 25 heavy (non-hydrogen) atoms. The zero-order valence-electron chi connectivity index (χ0n) is 14.5. The lowest BCUT2D eigenvalue weighted by atomic mass is 9.89. The molecule has 6 nitrogen and oxygen atoms in total. The van der Waals surface area contributed by atoms with Crippen molar-refractivity contribution in [3.05, 3.63) is 30.2 Å². The van der Waals surface area contributed by atoms with Gasteiger partial charge in [-0.3, -0.25) is 4.79 Å². The Balaban J connectivity index is 1.59. The molecule has 3 rings (SSSR count). The van der Waals surface area contributed by atoms with Crippen molar-refractivity contribution >= 4 is 23.4 Å². The summed E-state index contributed by atoms with van der Waals surface area (Å²) in [7, 11) is 1.58. The highest BCUT2D eigenvalue weighted by Gasteiger charge is 2.23. The molecule has 1 aromatic heterocycles. The number of anilines is 1. The molecule has 1 N–H and O–H groups in total. The van der Waals surface area contributed by atoms with Crippen LogP contribution in [0.2, 0.25) is 0 Å². The lowest BCUT2D eigenvalue weighted by Crippen LogP contribution is -2.22. The number of nitrogens with one attached hydrogen (secondary N) is 1. The number of nitrogens with zero attached hydrogens (tertiary/aromatic N) is 2. The number of ether oxygens (including phenoxy) is 1. The van der Waals surface area contributed by atoms with Gasteiger partial charge in [-0.15, -0.1) is 10.2 Å². The van der Waals surface area contributed by atoms with Gasteiger partial charge in [-0.2, -0.15) is 0 Å². The summed E-state index contributed by atoms with van der Waals surface area (Å²) in [4.78, 5) is 12.4. The minimum Gasteiger partial charge on any atom is -0.495 e. The van der Waals surface area contributed by atoms with Crippen molar-refractivity contribution in [1.82, 2.24) is 10.2 Å². The lowest BCUT2D eigenvalue weighted by Gasteiger charge is -2.17. The topological polar surface area (TPSA) is 77.2 Å². The van der Waals surface area contributed by atoms with Gasteiger partial charge in [0.05, 0.1) is 18.0 Å². The molecule has 1 aliphatic carbocycles. The van der Waals surface area contributed by atoms with Crippen molar-refractivity contribution in [3.63, 3.8) is 0 Å². The highest BCUT2D eigenvalue weighted by atomic mass is 32.2. The first-order valence-corrected chi connectivity index (χ1v) is 9.49. The summed E-state index contributed by atoms with van der Waals surface area (Å²) in [6.07, 6.45) is 5.93. The molecule has 1 atom stereocenters. The quantitative estimate of drug-likeness (QED) is 0.775. The predicted molar refractivity (Wildman–Crippen MR) is 97.1 cm³/mol. The molecule has 1 heterocycles. The second-order valence-electron chi connectivity index (χ2n) is 6.19. The van der Waals surface area contributed by atoms with Crippen LogP contribution in [-0.2, 0) is 4.79 Å². The van der Waals surface area contributed by atoms with E-state index in [9.17, 15) is 4.79 Å². The number of para-hydroxylation sites is 2.